The van der Waals surface area contributed by atoms with Crippen LogP contribution in [-0.2, 0) is 6.61 Å². The maximum absolute atomic E-state index is 9.37. The van der Waals surface area contributed by atoms with Crippen molar-refractivity contribution in [3.05, 3.63) is 77.1 Å². The average molecular weight is 419 g/mol. The van der Waals surface area contributed by atoms with Gasteiger partial charge in [-0.2, -0.15) is 10.5 Å². The lowest BCUT2D eigenvalue weighted by molar-refractivity contribution is 0.304. The zero-order valence-electron chi connectivity index (χ0n) is 16.5. The van der Waals surface area contributed by atoms with Gasteiger partial charge in [0.2, 0.25) is 5.82 Å². The van der Waals surface area contributed by atoms with Gasteiger partial charge in [-0.15, -0.1) is 22.6 Å². The van der Waals surface area contributed by atoms with Crippen molar-refractivity contribution in [1.29, 1.82) is 5.26 Å². The summed E-state index contributed by atoms with van der Waals surface area (Å²) in [5.74, 6) is 1.12. The largest absolute Gasteiger partial charge is 0.487 e. The molecular weight excluding hydrogens is 400 g/mol. The monoisotopic (exact) mass is 418 g/mol. The molecule has 0 fully saturated rings. The van der Waals surface area contributed by atoms with Gasteiger partial charge >= 0.3 is 0 Å². The third-order valence-electron chi connectivity index (χ3n) is 4.58. The molecule has 30 heavy (non-hydrogen) atoms. The van der Waals surface area contributed by atoms with Gasteiger partial charge in [0.05, 0.1) is 5.69 Å². The van der Waals surface area contributed by atoms with Gasteiger partial charge in [-0.1, -0.05) is 48.5 Å². The summed E-state index contributed by atoms with van der Waals surface area (Å²) < 4.78 is 5.91. The van der Waals surface area contributed by atoms with Crippen LogP contribution in [0.15, 0.2) is 54.6 Å². The van der Waals surface area contributed by atoms with E-state index in [0.717, 1.165) is 27.9 Å². The van der Waals surface area contributed by atoms with Crippen molar-refractivity contribution in [2.24, 2.45) is 0 Å². The molecule has 150 valence electrons. The third kappa shape index (κ3) is 4.29. The van der Waals surface area contributed by atoms with Gasteiger partial charge in [0.25, 0.3) is 0 Å². The Bertz CT molecular complexity index is 1180. The molecule has 1 N–H and O–H groups in total. The first-order chi connectivity index (χ1) is 14.2. The van der Waals surface area contributed by atoms with Crippen LogP contribution in [0.1, 0.15) is 22.5 Å². The summed E-state index contributed by atoms with van der Waals surface area (Å²) >= 11 is 0. The molecule has 4 rings (SSSR count). The third-order valence-corrected chi connectivity index (χ3v) is 4.58. The van der Waals surface area contributed by atoms with E-state index in [-0.39, 0.29) is 12.4 Å². The zero-order chi connectivity index (χ0) is 20.2. The number of pyridine rings is 1. The van der Waals surface area contributed by atoms with E-state index >= 15 is 0 Å². The first-order valence-corrected chi connectivity index (χ1v) is 9.09. The molecule has 0 atom stereocenters. The van der Waals surface area contributed by atoms with Crippen LogP contribution in [0.3, 0.4) is 0 Å². The summed E-state index contributed by atoms with van der Waals surface area (Å²) in [6.07, 6.45) is 0. The van der Waals surface area contributed by atoms with Crippen LogP contribution in [0, 0.1) is 25.2 Å². The smallest absolute Gasteiger partial charge is 0.205 e. The molecule has 0 saturated carbocycles. The molecule has 2 aromatic heterocycles. The fourth-order valence-corrected chi connectivity index (χ4v) is 3.19. The maximum Gasteiger partial charge on any atom is 0.205 e. The van der Waals surface area contributed by atoms with Crippen molar-refractivity contribution in [2.45, 2.75) is 20.5 Å². The van der Waals surface area contributed by atoms with E-state index in [1.165, 1.54) is 0 Å². The van der Waals surface area contributed by atoms with Gasteiger partial charge in [0, 0.05) is 17.3 Å². The standard InChI is InChI=1S/C22H18N6O.ClH/c1-14-11-21(20(12-23)15(2)24-14)29-13-16-7-9-17(10-8-16)18-5-3-4-6-19(18)22-25-27-28-26-22;/h3-11H,13H2,1-2H3,(H,25,26,27,28);1H. The van der Waals surface area contributed by atoms with E-state index in [2.05, 4.69) is 31.7 Å². The van der Waals surface area contributed by atoms with Gasteiger partial charge in [-0.05, 0) is 35.8 Å². The lowest BCUT2D eigenvalue weighted by Crippen LogP contribution is -2.01. The van der Waals surface area contributed by atoms with Crippen molar-refractivity contribution in [2.75, 3.05) is 0 Å². The van der Waals surface area contributed by atoms with Crippen LogP contribution in [0.25, 0.3) is 22.5 Å². The molecule has 2 aromatic carbocycles. The highest BCUT2D eigenvalue weighted by Gasteiger charge is 2.12. The molecule has 0 unspecified atom stereocenters. The number of ether oxygens (including phenoxy) is 1. The highest BCUT2D eigenvalue weighted by Crippen LogP contribution is 2.30. The van der Waals surface area contributed by atoms with E-state index in [1.807, 2.05) is 62.4 Å². The molecule has 7 nitrogen and oxygen atoms in total. The van der Waals surface area contributed by atoms with E-state index in [9.17, 15) is 5.26 Å². The number of aromatic amines is 1. The molecule has 0 bridgehead atoms. The minimum atomic E-state index is 0. The van der Waals surface area contributed by atoms with Gasteiger partial charge in [0.15, 0.2) is 0 Å². The van der Waals surface area contributed by atoms with Gasteiger partial charge in [-0.3, -0.25) is 4.98 Å². The number of hydrogen-bond acceptors (Lipinski definition) is 6. The molecule has 0 aliphatic carbocycles. The van der Waals surface area contributed by atoms with Crippen LogP contribution in [-0.4, -0.2) is 25.6 Å². The van der Waals surface area contributed by atoms with Crippen LogP contribution in [0.2, 0.25) is 0 Å². The Kier molecular flexibility index (Phi) is 6.40. The van der Waals surface area contributed by atoms with Gasteiger partial charge in [-0.25, -0.2) is 0 Å². The number of benzene rings is 2. The van der Waals surface area contributed by atoms with E-state index < -0.39 is 0 Å². The van der Waals surface area contributed by atoms with Gasteiger partial charge < -0.3 is 4.74 Å². The molecule has 0 aliphatic heterocycles. The van der Waals surface area contributed by atoms with Crippen LogP contribution < -0.4 is 4.74 Å². The summed E-state index contributed by atoms with van der Waals surface area (Å²) in [4.78, 5) is 4.32. The predicted molar refractivity (Wildman–Crippen MR) is 115 cm³/mol. The molecule has 2 heterocycles. The maximum atomic E-state index is 9.37. The predicted octanol–water partition coefficient (Wildman–Crippen LogP) is 4.42. The second-order valence-electron chi connectivity index (χ2n) is 6.60. The summed E-state index contributed by atoms with van der Waals surface area (Å²) in [6.45, 7) is 4.07. The first kappa shape index (κ1) is 21.0. The minimum Gasteiger partial charge on any atom is -0.487 e. The Morgan fingerprint density at radius 2 is 1.77 bits per heavy atom. The van der Waals surface area contributed by atoms with Crippen LogP contribution >= 0.6 is 12.4 Å². The number of nitriles is 1. The van der Waals surface area contributed by atoms with Crippen molar-refractivity contribution in [1.82, 2.24) is 25.6 Å². The number of nitrogens with zero attached hydrogens (tertiary/aromatic N) is 5. The normalized spacial score (nSPS) is 10.2. The fraction of sp³-hybridized carbons (Fsp3) is 0.136. The first-order valence-electron chi connectivity index (χ1n) is 9.09. The lowest BCUT2D eigenvalue weighted by Gasteiger charge is -2.11. The highest BCUT2D eigenvalue weighted by atomic mass is 35.5. The number of H-pyrrole nitrogens is 1. The molecule has 0 aliphatic rings. The Labute approximate surface area is 180 Å². The SMILES string of the molecule is Cc1cc(OCc2ccc(-c3ccccc3-c3nn[nH]n3)cc2)c(C#N)c(C)n1.Cl. The fourth-order valence-electron chi connectivity index (χ4n) is 3.19. The highest BCUT2D eigenvalue weighted by molar-refractivity contribution is 5.85. The number of rotatable bonds is 5. The van der Waals surface area contributed by atoms with Crippen molar-refractivity contribution < 1.29 is 4.74 Å². The second-order valence-corrected chi connectivity index (χ2v) is 6.60. The molecule has 0 spiro atoms. The van der Waals surface area contributed by atoms with Crippen molar-refractivity contribution in [3.8, 4) is 34.3 Å². The zero-order valence-corrected chi connectivity index (χ0v) is 17.3. The Morgan fingerprint density at radius 3 is 2.43 bits per heavy atom. The number of halogens is 1. The molecule has 8 heteroatoms. The Morgan fingerprint density at radius 1 is 1.03 bits per heavy atom. The number of aromatic nitrogens is 5. The number of hydrogen-bond donors (Lipinski definition) is 1. The van der Waals surface area contributed by atoms with Crippen molar-refractivity contribution in [3.63, 3.8) is 0 Å². The average Bonchev–Trinajstić information content (AvgIpc) is 3.27. The Balaban J connectivity index is 0.00000256. The lowest BCUT2D eigenvalue weighted by atomic mass is 9.98. The number of tetrazole rings is 1. The van der Waals surface area contributed by atoms with Crippen molar-refractivity contribution >= 4 is 12.4 Å². The van der Waals surface area contributed by atoms with Crippen LogP contribution in [0.4, 0.5) is 0 Å². The Hall–Kier alpha value is -3.76. The van der Waals surface area contributed by atoms with E-state index in [1.54, 1.807) is 6.07 Å². The summed E-state index contributed by atoms with van der Waals surface area (Å²) in [5, 5.41) is 23.7. The summed E-state index contributed by atoms with van der Waals surface area (Å²) in [5.41, 5.74) is 5.95. The number of nitrogens with one attached hydrogen (secondary N) is 1. The molecular formula is C22H19ClN6O. The second kappa shape index (κ2) is 9.16. The number of aryl methyl sites for hydroxylation is 2. The summed E-state index contributed by atoms with van der Waals surface area (Å²) in [7, 11) is 0. The minimum absolute atomic E-state index is 0. The summed E-state index contributed by atoms with van der Waals surface area (Å²) in [6, 6.07) is 20.0. The molecule has 0 radical (unpaired) electrons. The molecule has 0 amide bonds. The molecule has 0 saturated heterocycles. The quantitative estimate of drug-likeness (QED) is 0.515. The van der Waals surface area contributed by atoms with Crippen LogP contribution in [0.5, 0.6) is 5.75 Å². The van der Waals surface area contributed by atoms with E-state index in [0.29, 0.717) is 29.4 Å². The van der Waals surface area contributed by atoms with E-state index in [4.69, 9.17) is 4.74 Å². The topological polar surface area (TPSA) is 100 Å². The van der Waals surface area contributed by atoms with Gasteiger partial charge in [0.1, 0.15) is 24.0 Å². The molecule has 4 aromatic rings.